The predicted octanol–water partition coefficient (Wildman–Crippen LogP) is 4.36. The second-order valence-electron chi connectivity index (χ2n) is 5.03. The highest BCUT2D eigenvalue weighted by molar-refractivity contribution is 6.30. The molecule has 0 aliphatic carbocycles. The van der Waals surface area contributed by atoms with Crippen LogP contribution in [-0.2, 0) is 0 Å². The van der Waals surface area contributed by atoms with Crippen LogP contribution in [-0.4, -0.2) is 12.2 Å². The third-order valence-corrected chi connectivity index (χ3v) is 3.98. The van der Waals surface area contributed by atoms with Crippen molar-refractivity contribution in [3.63, 3.8) is 0 Å². The summed E-state index contributed by atoms with van der Waals surface area (Å²) in [6, 6.07) is 9.44. The van der Waals surface area contributed by atoms with Gasteiger partial charge in [0.25, 0.3) is 0 Å². The Kier molecular flexibility index (Phi) is 4.36. The van der Waals surface area contributed by atoms with E-state index in [9.17, 15) is 5.11 Å². The first-order valence-corrected chi connectivity index (χ1v) is 6.91. The van der Waals surface area contributed by atoms with Crippen LogP contribution < -0.4 is 4.74 Å². The van der Waals surface area contributed by atoms with Crippen molar-refractivity contribution in [3.8, 4) is 5.75 Å². The van der Waals surface area contributed by atoms with Gasteiger partial charge in [-0.15, -0.1) is 0 Å². The second-order valence-corrected chi connectivity index (χ2v) is 5.47. The molecule has 1 atom stereocenters. The minimum absolute atomic E-state index is 0.618. The lowest BCUT2D eigenvalue weighted by Crippen LogP contribution is -2.06. The molecule has 0 saturated carbocycles. The highest BCUT2D eigenvalue weighted by atomic mass is 35.5. The summed E-state index contributed by atoms with van der Waals surface area (Å²) in [5.74, 6) is 0.733. The number of aliphatic hydroxyl groups excluding tert-OH is 1. The van der Waals surface area contributed by atoms with Gasteiger partial charge in [-0.05, 0) is 55.2 Å². The average Bonchev–Trinajstić information content (AvgIpc) is 2.43. The number of ether oxygens (including phenoxy) is 1. The Morgan fingerprint density at radius 3 is 2.30 bits per heavy atom. The molecule has 0 bridgehead atoms. The van der Waals surface area contributed by atoms with Crippen LogP contribution in [0, 0.1) is 20.8 Å². The van der Waals surface area contributed by atoms with Gasteiger partial charge in [0.05, 0.1) is 7.11 Å². The summed E-state index contributed by atoms with van der Waals surface area (Å²) in [6.45, 7) is 5.98. The van der Waals surface area contributed by atoms with Gasteiger partial charge < -0.3 is 9.84 Å². The molecule has 0 saturated heterocycles. The van der Waals surface area contributed by atoms with Gasteiger partial charge in [0.15, 0.2) is 0 Å². The number of methoxy groups -OCH3 is 1. The molecule has 0 amide bonds. The van der Waals surface area contributed by atoms with Crippen LogP contribution >= 0.6 is 11.6 Å². The van der Waals surface area contributed by atoms with E-state index in [2.05, 4.69) is 0 Å². The van der Waals surface area contributed by atoms with Gasteiger partial charge in [-0.25, -0.2) is 0 Å². The van der Waals surface area contributed by atoms with Crippen LogP contribution in [0.1, 0.15) is 33.9 Å². The zero-order chi connectivity index (χ0) is 14.9. The van der Waals surface area contributed by atoms with Gasteiger partial charge in [-0.1, -0.05) is 29.8 Å². The number of aryl methyl sites for hydroxylation is 2. The van der Waals surface area contributed by atoms with E-state index in [0.29, 0.717) is 5.02 Å². The van der Waals surface area contributed by atoms with Gasteiger partial charge in [0, 0.05) is 10.6 Å². The van der Waals surface area contributed by atoms with E-state index in [1.165, 1.54) is 0 Å². The molecule has 3 heteroatoms. The van der Waals surface area contributed by atoms with Crippen molar-refractivity contribution in [3.05, 3.63) is 63.2 Å². The molecular formula is C17H19ClO2. The fourth-order valence-corrected chi connectivity index (χ4v) is 2.55. The summed E-state index contributed by atoms with van der Waals surface area (Å²) >= 11 is 6.04. The van der Waals surface area contributed by atoms with Crippen LogP contribution in [0.25, 0.3) is 0 Å². The van der Waals surface area contributed by atoms with E-state index < -0.39 is 6.10 Å². The first-order valence-electron chi connectivity index (χ1n) is 6.54. The summed E-state index contributed by atoms with van der Waals surface area (Å²) in [5.41, 5.74) is 4.76. The number of benzene rings is 2. The Labute approximate surface area is 125 Å². The minimum atomic E-state index is -0.747. The number of hydrogen-bond donors (Lipinski definition) is 1. The highest BCUT2D eigenvalue weighted by Gasteiger charge is 2.19. The summed E-state index contributed by atoms with van der Waals surface area (Å²) in [6.07, 6.45) is -0.747. The van der Waals surface area contributed by atoms with Gasteiger partial charge in [0.2, 0.25) is 0 Å². The molecule has 0 spiro atoms. The number of hydrogen-bond acceptors (Lipinski definition) is 2. The lowest BCUT2D eigenvalue weighted by Gasteiger charge is -2.19. The van der Waals surface area contributed by atoms with Crippen LogP contribution in [0.3, 0.4) is 0 Å². The molecule has 106 valence electrons. The summed E-state index contributed by atoms with van der Waals surface area (Å²) in [7, 11) is 1.63. The van der Waals surface area contributed by atoms with E-state index >= 15 is 0 Å². The Morgan fingerprint density at radius 1 is 1.00 bits per heavy atom. The molecule has 0 aliphatic rings. The maximum absolute atomic E-state index is 10.7. The fourth-order valence-electron chi connectivity index (χ4n) is 2.37. The molecule has 2 rings (SSSR count). The quantitative estimate of drug-likeness (QED) is 0.910. The Morgan fingerprint density at radius 2 is 1.65 bits per heavy atom. The van der Waals surface area contributed by atoms with Crippen molar-refractivity contribution in [2.45, 2.75) is 26.9 Å². The molecule has 0 aliphatic heterocycles. The summed E-state index contributed by atoms with van der Waals surface area (Å²) < 4.78 is 5.48. The van der Waals surface area contributed by atoms with Crippen LogP contribution in [0.2, 0.25) is 5.02 Å². The lowest BCUT2D eigenvalue weighted by atomic mass is 9.94. The first kappa shape index (κ1) is 14.9. The highest BCUT2D eigenvalue weighted by Crippen LogP contribution is 2.35. The standard InChI is InChI=1S/C17H19ClO2/c1-10-6-8-14(17(20-4)12(10)3)16(19)15-9-13(18)7-5-11(15)2/h5-9,16,19H,1-4H3. The molecule has 0 fully saturated rings. The second kappa shape index (κ2) is 5.86. The maximum atomic E-state index is 10.7. The number of rotatable bonds is 3. The average molecular weight is 291 g/mol. The van der Waals surface area contributed by atoms with Crippen molar-refractivity contribution in [2.75, 3.05) is 7.11 Å². The zero-order valence-electron chi connectivity index (χ0n) is 12.2. The Hall–Kier alpha value is -1.51. The van der Waals surface area contributed by atoms with Crippen LogP contribution in [0.4, 0.5) is 0 Å². The summed E-state index contributed by atoms with van der Waals surface area (Å²) in [4.78, 5) is 0. The zero-order valence-corrected chi connectivity index (χ0v) is 13.0. The molecule has 0 radical (unpaired) electrons. The molecule has 2 aromatic rings. The van der Waals surface area contributed by atoms with Crippen LogP contribution in [0.15, 0.2) is 30.3 Å². The van der Waals surface area contributed by atoms with Crippen molar-refractivity contribution >= 4 is 11.6 Å². The third kappa shape index (κ3) is 2.67. The molecule has 0 heterocycles. The molecule has 1 N–H and O–H groups in total. The molecule has 1 unspecified atom stereocenters. The smallest absolute Gasteiger partial charge is 0.128 e. The predicted molar refractivity (Wildman–Crippen MR) is 82.7 cm³/mol. The van der Waals surface area contributed by atoms with Crippen molar-refractivity contribution in [1.82, 2.24) is 0 Å². The summed E-state index contributed by atoms with van der Waals surface area (Å²) in [5, 5.41) is 11.3. The SMILES string of the molecule is COc1c(C(O)c2cc(Cl)ccc2C)ccc(C)c1C. The fraction of sp³-hybridized carbons (Fsp3) is 0.294. The van der Waals surface area contributed by atoms with E-state index in [1.54, 1.807) is 13.2 Å². The first-order chi connectivity index (χ1) is 9.45. The molecular weight excluding hydrogens is 272 g/mol. The topological polar surface area (TPSA) is 29.5 Å². The van der Waals surface area contributed by atoms with Crippen molar-refractivity contribution < 1.29 is 9.84 Å². The van der Waals surface area contributed by atoms with E-state index in [1.807, 2.05) is 45.0 Å². The van der Waals surface area contributed by atoms with Crippen molar-refractivity contribution in [1.29, 1.82) is 0 Å². The monoisotopic (exact) mass is 290 g/mol. The van der Waals surface area contributed by atoms with Gasteiger partial charge in [-0.3, -0.25) is 0 Å². The largest absolute Gasteiger partial charge is 0.496 e. The van der Waals surface area contributed by atoms with Crippen molar-refractivity contribution in [2.24, 2.45) is 0 Å². The molecule has 2 nitrogen and oxygen atoms in total. The van der Waals surface area contributed by atoms with E-state index in [0.717, 1.165) is 33.6 Å². The molecule has 0 aromatic heterocycles. The molecule has 2 aromatic carbocycles. The normalized spacial score (nSPS) is 12.3. The van der Waals surface area contributed by atoms with E-state index in [-0.39, 0.29) is 0 Å². The van der Waals surface area contributed by atoms with Gasteiger partial charge in [-0.2, -0.15) is 0 Å². The molecule has 20 heavy (non-hydrogen) atoms. The van der Waals surface area contributed by atoms with E-state index in [4.69, 9.17) is 16.3 Å². The van der Waals surface area contributed by atoms with Gasteiger partial charge >= 0.3 is 0 Å². The Bertz CT molecular complexity index is 635. The lowest BCUT2D eigenvalue weighted by molar-refractivity contribution is 0.213. The van der Waals surface area contributed by atoms with Gasteiger partial charge in [0.1, 0.15) is 11.9 Å². The minimum Gasteiger partial charge on any atom is -0.496 e. The third-order valence-electron chi connectivity index (χ3n) is 3.74. The number of aliphatic hydroxyl groups is 1. The maximum Gasteiger partial charge on any atom is 0.128 e. The van der Waals surface area contributed by atoms with Crippen LogP contribution in [0.5, 0.6) is 5.75 Å². The number of halogens is 1. The Balaban J connectivity index is 2.56.